The van der Waals surface area contributed by atoms with Gasteiger partial charge >= 0.3 is 5.97 Å². The van der Waals surface area contributed by atoms with Crippen LogP contribution in [0.15, 0.2) is 42.5 Å². The summed E-state index contributed by atoms with van der Waals surface area (Å²) in [5, 5.41) is 0. The molecule has 1 heterocycles. The first kappa shape index (κ1) is 22.2. The predicted molar refractivity (Wildman–Crippen MR) is 111 cm³/mol. The molecule has 0 N–H and O–H groups in total. The standard InChI is InChI=1S/C24H29FO5/c1-3-5-6-7-17-15-28-24(29-16-17)21-13-8-18(14-22(21)25)23(26)30-20-11-9-19(10-12-20)27-4-2/h8-14,17,24H,3-7,15-16H2,1-2H3. The highest BCUT2D eigenvalue weighted by molar-refractivity contribution is 5.91. The van der Waals surface area contributed by atoms with Crippen molar-refractivity contribution in [3.05, 3.63) is 59.4 Å². The number of carbonyl (C=O) groups is 1. The molecule has 1 fully saturated rings. The highest BCUT2D eigenvalue weighted by Gasteiger charge is 2.26. The first-order valence-corrected chi connectivity index (χ1v) is 10.6. The van der Waals surface area contributed by atoms with Crippen LogP contribution in [0, 0.1) is 11.7 Å². The third-order valence-corrected chi connectivity index (χ3v) is 5.02. The molecule has 0 bridgehead atoms. The van der Waals surface area contributed by atoms with Gasteiger partial charge in [0, 0.05) is 11.5 Å². The minimum absolute atomic E-state index is 0.124. The summed E-state index contributed by atoms with van der Waals surface area (Å²) in [5.41, 5.74) is 0.415. The molecule has 0 amide bonds. The molecule has 6 heteroatoms. The van der Waals surface area contributed by atoms with Crippen molar-refractivity contribution in [2.45, 2.75) is 45.8 Å². The molecule has 0 radical (unpaired) electrons. The van der Waals surface area contributed by atoms with E-state index >= 15 is 0 Å². The second-order valence-electron chi connectivity index (χ2n) is 7.39. The number of rotatable bonds is 9. The van der Waals surface area contributed by atoms with Crippen molar-refractivity contribution in [2.75, 3.05) is 19.8 Å². The average Bonchev–Trinajstić information content (AvgIpc) is 2.76. The van der Waals surface area contributed by atoms with Crippen molar-refractivity contribution in [1.29, 1.82) is 0 Å². The number of ether oxygens (including phenoxy) is 4. The molecule has 2 aromatic carbocycles. The maximum atomic E-state index is 14.6. The molecule has 162 valence electrons. The highest BCUT2D eigenvalue weighted by atomic mass is 19.1. The summed E-state index contributed by atoms with van der Waals surface area (Å²) < 4.78 is 36.7. The van der Waals surface area contributed by atoms with Crippen molar-refractivity contribution in [2.24, 2.45) is 5.92 Å². The topological polar surface area (TPSA) is 54.0 Å². The Hall–Kier alpha value is -2.44. The van der Waals surface area contributed by atoms with Crippen LogP contribution < -0.4 is 9.47 Å². The smallest absolute Gasteiger partial charge is 0.343 e. The van der Waals surface area contributed by atoms with Gasteiger partial charge in [-0.05, 0) is 49.7 Å². The fourth-order valence-corrected chi connectivity index (χ4v) is 3.35. The lowest BCUT2D eigenvalue weighted by atomic mass is 10.0. The van der Waals surface area contributed by atoms with Crippen LogP contribution in [-0.4, -0.2) is 25.8 Å². The molecule has 5 nitrogen and oxygen atoms in total. The summed E-state index contributed by atoms with van der Waals surface area (Å²) in [6.45, 7) is 5.72. The van der Waals surface area contributed by atoms with Gasteiger partial charge in [-0.3, -0.25) is 0 Å². The summed E-state index contributed by atoms with van der Waals surface area (Å²) >= 11 is 0. The van der Waals surface area contributed by atoms with Crippen LogP contribution >= 0.6 is 0 Å². The number of carbonyl (C=O) groups excluding carboxylic acids is 1. The maximum absolute atomic E-state index is 14.6. The van der Waals surface area contributed by atoms with Crippen LogP contribution in [0.4, 0.5) is 4.39 Å². The minimum atomic E-state index is -0.747. The van der Waals surface area contributed by atoms with Crippen LogP contribution in [0.25, 0.3) is 0 Å². The summed E-state index contributed by atoms with van der Waals surface area (Å²) in [7, 11) is 0. The molecule has 0 aliphatic carbocycles. The zero-order valence-corrected chi connectivity index (χ0v) is 17.6. The van der Waals surface area contributed by atoms with Crippen LogP contribution in [-0.2, 0) is 9.47 Å². The Morgan fingerprint density at radius 3 is 2.37 bits per heavy atom. The molecule has 1 aliphatic heterocycles. The molecular formula is C24H29FO5. The van der Waals surface area contributed by atoms with E-state index in [1.54, 1.807) is 24.3 Å². The number of hydrogen-bond acceptors (Lipinski definition) is 5. The Balaban J connectivity index is 1.56. The van der Waals surface area contributed by atoms with Gasteiger partial charge in [0.15, 0.2) is 6.29 Å². The quantitative estimate of drug-likeness (QED) is 0.299. The van der Waals surface area contributed by atoms with E-state index in [0.29, 0.717) is 42.8 Å². The molecule has 0 unspecified atom stereocenters. The van der Waals surface area contributed by atoms with E-state index in [4.69, 9.17) is 18.9 Å². The largest absolute Gasteiger partial charge is 0.494 e. The fraction of sp³-hybridized carbons (Fsp3) is 0.458. The Morgan fingerprint density at radius 2 is 1.73 bits per heavy atom. The second-order valence-corrected chi connectivity index (χ2v) is 7.39. The summed E-state index contributed by atoms with van der Waals surface area (Å²) in [4.78, 5) is 12.4. The van der Waals surface area contributed by atoms with Crippen LogP contribution in [0.5, 0.6) is 11.5 Å². The van der Waals surface area contributed by atoms with E-state index in [-0.39, 0.29) is 5.56 Å². The number of unbranched alkanes of at least 4 members (excludes halogenated alkanes) is 2. The SMILES string of the molecule is CCCCCC1COC(c2ccc(C(=O)Oc3ccc(OCC)cc3)cc2F)OC1. The molecule has 0 aromatic heterocycles. The lowest BCUT2D eigenvalue weighted by Crippen LogP contribution is -2.27. The molecule has 2 aromatic rings. The van der Waals surface area contributed by atoms with Gasteiger partial charge in [-0.2, -0.15) is 0 Å². The van der Waals surface area contributed by atoms with E-state index in [1.165, 1.54) is 25.0 Å². The maximum Gasteiger partial charge on any atom is 0.343 e. The van der Waals surface area contributed by atoms with Crippen LogP contribution in [0.1, 0.15) is 61.7 Å². The van der Waals surface area contributed by atoms with Crippen molar-refractivity contribution >= 4 is 5.97 Å². The minimum Gasteiger partial charge on any atom is -0.494 e. The third-order valence-electron chi connectivity index (χ3n) is 5.02. The Morgan fingerprint density at radius 1 is 1.03 bits per heavy atom. The molecule has 0 saturated carbocycles. The van der Waals surface area contributed by atoms with Crippen LogP contribution in [0.2, 0.25) is 0 Å². The number of esters is 1. The molecular weight excluding hydrogens is 387 g/mol. The lowest BCUT2D eigenvalue weighted by Gasteiger charge is -2.29. The average molecular weight is 416 g/mol. The molecule has 0 spiro atoms. The van der Waals surface area contributed by atoms with Gasteiger partial charge in [0.05, 0.1) is 25.4 Å². The fourth-order valence-electron chi connectivity index (χ4n) is 3.35. The van der Waals surface area contributed by atoms with Crippen molar-refractivity contribution in [3.63, 3.8) is 0 Å². The molecule has 0 atom stereocenters. The summed E-state index contributed by atoms with van der Waals surface area (Å²) in [5.74, 6) is 0.213. The first-order chi connectivity index (χ1) is 14.6. The molecule has 1 aliphatic rings. The van der Waals surface area contributed by atoms with Gasteiger partial charge in [-0.15, -0.1) is 0 Å². The van der Waals surface area contributed by atoms with Gasteiger partial charge in [-0.25, -0.2) is 9.18 Å². The third kappa shape index (κ3) is 6.03. The monoisotopic (exact) mass is 416 g/mol. The van der Waals surface area contributed by atoms with E-state index < -0.39 is 18.1 Å². The molecule has 1 saturated heterocycles. The van der Waals surface area contributed by atoms with Gasteiger partial charge in [-0.1, -0.05) is 32.3 Å². The van der Waals surface area contributed by atoms with Gasteiger partial charge < -0.3 is 18.9 Å². The Bertz CT molecular complexity index is 813. The second kappa shape index (κ2) is 11.1. The molecule has 30 heavy (non-hydrogen) atoms. The Labute approximate surface area is 177 Å². The number of halogens is 1. The van der Waals surface area contributed by atoms with Crippen molar-refractivity contribution in [1.82, 2.24) is 0 Å². The van der Waals surface area contributed by atoms with Gasteiger partial charge in [0.25, 0.3) is 0 Å². The van der Waals surface area contributed by atoms with E-state index in [2.05, 4.69) is 6.92 Å². The van der Waals surface area contributed by atoms with Gasteiger partial charge in [0.1, 0.15) is 17.3 Å². The number of benzene rings is 2. The summed E-state index contributed by atoms with van der Waals surface area (Å²) in [6.07, 6.45) is 3.83. The van der Waals surface area contributed by atoms with E-state index in [0.717, 1.165) is 18.9 Å². The van der Waals surface area contributed by atoms with Crippen molar-refractivity contribution < 1.29 is 28.1 Å². The summed E-state index contributed by atoms with van der Waals surface area (Å²) in [6, 6.07) is 10.9. The highest BCUT2D eigenvalue weighted by Crippen LogP contribution is 2.29. The first-order valence-electron chi connectivity index (χ1n) is 10.6. The normalized spacial score (nSPS) is 18.8. The zero-order valence-electron chi connectivity index (χ0n) is 17.6. The predicted octanol–water partition coefficient (Wildman–Crippen LogP) is 5.69. The van der Waals surface area contributed by atoms with Crippen molar-refractivity contribution in [3.8, 4) is 11.5 Å². The zero-order chi connectivity index (χ0) is 21.3. The Kier molecular flexibility index (Phi) is 8.22. The van der Waals surface area contributed by atoms with Crippen LogP contribution in [0.3, 0.4) is 0 Å². The molecule has 3 rings (SSSR count). The lowest BCUT2D eigenvalue weighted by molar-refractivity contribution is -0.207. The van der Waals surface area contributed by atoms with Gasteiger partial charge in [0.2, 0.25) is 0 Å². The van der Waals surface area contributed by atoms with E-state index in [1.807, 2.05) is 6.92 Å². The number of hydrogen-bond donors (Lipinski definition) is 0. The van der Waals surface area contributed by atoms with E-state index in [9.17, 15) is 9.18 Å².